The molecule has 3 heterocycles. The number of carbonyl (C=O) groups excluding carboxylic acids is 1. The number of fused-ring (bicyclic) bond motifs is 3. The van der Waals surface area contributed by atoms with E-state index in [1.165, 1.54) is 13.2 Å². The minimum Gasteiger partial charge on any atom is -0.496 e. The number of ether oxygens (including phenoxy) is 1. The molecule has 1 fully saturated rings. The summed E-state index contributed by atoms with van der Waals surface area (Å²) in [5.41, 5.74) is 4.96. The topological polar surface area (TPSA) is 83.0 Å². The highest BCUT2D eigenvalue weighted by Gasteiger charge is 2.26. The summed E-state index contributed by atoms with van der Waals surface area (Å²) in [6.07, 6.45) is 1.72. The number of rotatable bonds is 5. The van der Waals surface area contributed by atoms with Crippen LogP contribution in [0, 0.1) is 5.82 Å². The van der Waals surface area contributed by atoms with E-state index in [1.807, 2.05) is 35.2 Å². The normalized spacial score (nSPS) is 14.9. The van der Waals surface area contributed by atoms with Gasteiger partial charge in [-0.25, -0.2) is 14.4 Å². The van der Waals surface area contributed by atoms with Crippen LogP contribution in [0.2, 0.25) is 5.02 Å². The van der Waals surface area contributed by atoms with E-state index in [-0.39, 0.29) is 18.0 Å². The Balaban J connectivity index is 1.30. The average Bonchev–Trinajstić information content (AvgIpc) is 3.13. The number of aliphatic imine (C=N–C) groups is 1. The number of piperazine rings is 1. The van der Waals surface area contributed by atoms with Gasteiger partial charge in [-0.15, -0.1) is 0 Å². The van der Waals surface area contributed by atoms with Crippen molar-refractivity contribution >= 4 is 34.9 Å². The van der Waals surface area contributed by atoms with Crippen molar-refractivity contribution in [1.82, 2.24) is 19.8 Å². The molecule has 2 aliphatic heterocycles. The van der Waals surface area contributed by atoms with E-state index in [1.54, 1.807) is 30.5 Å². The lowest BCUT2D eigenvalue weighted by Crippen LogP contribution is -2.47. The first-order valence-corrected chi connectivity index (χ1v) is 13.7. The van der Waals surface area contributed by atoms with Crippen molar-refractivity contribution in [3.63, 3.8) is 0 Å². The first-order valence-electron chi connectivity index (χ1n) is 13.3. The van der Waals surface area contributed by atoms with Crippen LogP contribution in [0.4, 0.5) is 16.0 Å². The summed E-state index contributed by atoms with van der Waals surface area (Å²) < 4.78 is 20.6. The SMILES string of the molecule is COc1cccc(F)c1C1=NCc2cnc(Nc3ccc(C(=O)N4CCN(C)CC4)cc3)nc2-c2ccc(Cl)cc21. The zero-order valence-corrected chi connectivity index (χ0v) is 23.5. The first kappa shape index (κ1) is 26.9. The molecule has 0 spiro atoms. The molecule has 0 bridgehead atoms. The maximum Gasteiger partial charge on any atom is 0.253 e. The first-order chi connectivity index (χ1) is 19.9. The highest BCUT2D eigenvalue weighted by molar-refractivity contribution is 6.31. The summed E-state index contributed by atoms with van der Waals surface area (Å²) in [5.74, 6) is 0.352. The van der Waals surface area contributed by atoms with E-state index in [0.29, 0.717) is 39.3 Å². The molecule has 10 heteroatoms. The Hall–Kier alpha value is -4.34. The van der Waals surface area contributed by atoms with Crippen LogP contribution in [0.5, 0.6) is 5.75 Å². The van der Waals surface area contributed by atoms with Crippen LogP contribution in [0.15, 0.2) is 71.9 Å². The number of nitrogens with zero attached hydrogens (tertiary/aromatic N) is 5. The maximum absolute atomic E-state index is 15.1. The van der Waals surface area contributed by atoms with Crippen molar-refractivity contribution in [2.24, 2.45) is 4.99 Å². The molecule has 1 aromatic heterocycles. The Morgan fingerprint density at radius 3 is 2.56 bits per heavy atom. The van der Waals surface area contributed by atoms with Gasteiger partial charge in [0.1, 0.15) is 11.6 Å². The van der Waals surface area contributed by atoms with Crippen molar-refractivity contribution in [3.8, 4) is 17.0 Å². The number of halogens is 2. The number of benzene rings is 3. The fourth-order valence-electron chi connectivity index (χ4n) is 5.12. The van der Waals surface area contributed by atoms with E-state index in [4.69, 9.17) is 26.3 Å². The lowest BCUT2D eigenvalue weighted by molar-refractivity contribution is 0.0664. The zero-order chi connectivity index (χ0) is 28.5. The lowest BCUT2D eigenvalue weighted by Gasteiger charge is -2.32. The molecule has 0 saturated carbocycles. The highest BCUT2D eigenvalue weighted by Crippen LogP contribution is 2.36. The molecule has 4 aromatic rings. The molecular formula is C31H28ClFN6O2. The molecule has 3 aromatic carbocycles. The second-order valence-corrected chi connectivity index (χ2v) is 10.5. The minimum atomic E-state index is -0.442. The molecule has 1 amide bonds. The van der Waals surface area contributed by atoms with Crippen LogP contribution in [0.3, 0.4) is 0 Å². The molecule has 0 unspecified atom stereocenters. The Labute approximate surface area is 242 Å². The van der Waals surface area contributed by atoms with E-state index in [9.17, 15) is 4.79 Å². The smallest absolute Gasteiger partial charge is 0.253 e. The number of hydrogen-bond donors (Lipinski definition) is 1. The molecule has 1 N–H and O–H groups in total. The average molecular weight is 571 g/mol. The van der Waals surface area contributed by atoms with Crippen LogP contribution in [0.1, 0.15) is 27.0 Å². The summed E-state index contributed by atoms with van der Waals surface area (Å²) in [6.45, 7) is 3.44. The van der Waals surface area contributed by atoms with Gasteiger partial charge < -0.3 is 19.9 Å². The van der Waals surface area contributed by atoms with Crippen molar-refractivity contribution < 1.29 is 13.9 Å². The van der Waals surface area contributed by atoms with Gasteiger partial charge in [0.2, 0.25) is 5.95 Å². The summed E-state index contributed by atoms with van der Waals surface area (Å²) in [5, 5.41) is 3.74. The Bertz CT molecular complexity index is 1650. The summed E-state index contributed by atoms with van der Waals surface area (Å²) in [4.78, 5) is 31.1. The number of amides is 1. The molecule has 0 atom stereocenters. The third-order valence-electron chi connectivity index (χ3n) is 7.37. The monoisotopic (exact) mass is 570 g/mol. The molecule has 8 nitrogen and oxygen atoms in total. The van der Waals surface area contributed by atoms with Gasteiger partial charge in [-0.05, 0) is 55.6 Å². The standard InChI is InChI=1S/C31H28ClFN6O2/c1-38-12-14-39(15-13-38)30(40)19-6-9-22(10-7-19)36-31-35-18-20-17-34-29(27-25(33)4-3-5-26(27)41-2)24-16-21(32)8-11-23(24)28(20)37-31/h3-11,16,18H,12-15,17H2,1-2H3,(H,35,36,37). The minimum absolute atomic E-state index is 0.0310. The van der Waals surface area contributed by atoms with Gasteiger partial charge in [-0.2, -0.15) is 0 Å². The Morgan fingerprint density at radius 1 is 1.02 bits per heavy atom. The predicted octanol–water partition coefficient (Wildman–Crippen LogP) is 5.43. The largest absolute Gasteiger partial charge is 0.496 e. The lowest BCUT2D eigenvalue weighted by atomic mass is 9.94. The summed E-state index contributed by atoms with van der Waals surface area (Å²) in [7, 11) is 3.56. The van der Waals surface area contributed by atoms with Crippen LogP contribution >= 0.6 is 11.6 Å². The molecule has 0 aliphatic carbocycles. The number of hydrogen-bond acceptors (Lipinski definition) is 7. The third-order valence-corrected chi connectivity index (χ3v) is 7.61. The van der Waals surface area contributed by atoms with E-state index in [2.05, 4.69) is 22.2 Å². The van der Waals surface area contributed by atoms with Gasteiger partial charge in [0, 0.05) is 65.3 Å². The quantitative estimate of drug-likeness (QED) is 0.345. The van der Waals surface area contributed by atoms with Crippen LogP contribution < -0.4 is 10.1 Å². The van der Waals surface area contributed by atoms with Gasteiger partial charge in [0.05, 0.1) is 30.6 Å². The fraction of sp³-hybridized carbons (Fsp3) is 0.226. The maximum atomic E-state index is 15.1. The third kappa shape index (κ3) is 5.38. The van der Waals surface area contributed by atoms with E-state index in [0.717, 1.165) is 43.0 Å². The van der Waals surface area contributed by atoms with Crippen molar-refractivity contribution in [3.05, 3.63) is 100.0 Å². The molecule has 208 valence electrons. The van der Waals surface area contributed by atoms with Crippen molar-refractivity contribution in [2.75, 3.05) is 45.7 Å². The van der Waals surface area contributed by atoms with E-state index >= 15 is 4.39 Å². The molecule has 0 radical (unpaired) electrons. The second kappa shape index (κ2) is 11.3. The van der Waals surface area contributed by atoms with Crippen molar-refractivity contribution in [2.45, 2.75) is 6.54 Å². The summed E-state index contributed by atoms with van der Waals surface area (Å²) >= 11 is 6.40. The van der Waals surface area contributed by atoms with E-state index < -0.39 is 5.82 Å². The highest BCUT2D eigenvalue weighted by atomic mass is 35.5. The molecule has 2 aliphatic rings. The van der Waals surface area contributed by atoms with Crippen LogP contribution in [-0.2, 0) is 6.54 Å². The molecular weight excluding hydrogens is 543 g/mol. The van der Waals surface area contributed by atoms with Gasteiger partial charge in [0.15, 0.2) is 0 Å². The number of methoxy groups -OCH3 is 1. The Kier molecular flexibility index (Phi) is 7.38. The number of carbonyl (C=O) groups is 1. The van der Waals surface area contributed by atoms with Gasteiger partial charge in [-0.3, -0.25) is 9.79 Å². The van der Waals surface area contributed by atoms with Crippen molar-refractivity contribution in [1.29, 1.82) is 0 Å². The van der Waals surface area contributed by atoms with Gasteiger partial charge in [-0.1, -0.05) is 23.7 Å². The number of aromatic nitrogens is 2. The van der Waals surface area contributed by atoms with Crippen LogP contribution in [-0.4, -0.2) is 71.7 Å². The molecule has 6 rings (SSSR count). The second-order valence-electron chi connectivity index (χ2n) is 10.0. The van der Waals surface area contributed by atoms with Gasteiger partial charge >= 0.3 is 0 Å². The number of likely N-dealkylation sites (N-methyl/N-ethyl adjacent to an activating group) is 1. The Morgan fingerprint density at radius 2 is 1.80 bits per heavy atom. The van der Waals surface area contributed by atoms with Gasteiger partial charge in [0.25, 0.3) is 5.91 Å². The molecule has 41 heavy (non-hydrogen) atoms. The number of nitrogens with one attached hydrogen (secondary N) is 1. The van der Waals surface area contributed by atoms with Crippen LogP contribution in [0.25, 0.3) is 11.3 Å². The fourth-order valence-corrected chi connectivity index (χ4v) is 5.29. The summed E-state index contributed by atoms with van der Waals surface area (Å²) in [6, 6.07) is 17.4. The predicted molar refractivity (Wildman–Crippen MR) is 158 cm³/mol. The molecule has 1 saturated heterocycles. The zero-order valence-electron chi connectivity index (χ0n) is 22.7. The number of anilines is 2.